The molecule has 3 aliphatic heterocycles. The zero-order valence-electron chi connectivity index (χ0n) is 20.1. The summed E-state index contributed by atoms with van der Waals surface area (Å²) >= 11 is 6.31. The van der Waals surface area contributed by atoms with Gasteiger partial charge in [-0.05, 0) is 63.6 Å². The molecule has 1 atom stereocenters. The maximum atomic E-state index is 13.8. The Morgan fingerprint density at radius 3 is 2.80 bits per heavy atom. The Kier molecular flexibility index (Phi) is 5.92. The highest BCUT2D eigenvalue weighted by Gasteiger charge is 2.33. The zero-order valence-corrected chi connectivity index (χ0v) is 20.9. The number of anilines is 2. The van der Waals surface area contributed by atoms with E-state index in [1.165, 1.54) is 6.42 Å². The molecule has 3 aromatic rings. The lowest BCUT2D eigenvalue weighted by Gasteiger charge is -2.35. The fourth-order valence-electron chi connectivity index (χ4n) is 5.34. The number of ether oxygens (including phenoxy) is 1. The highest BCUT2D eigenvalue weighted by atomic mass is 35.5. The Hall–Kier alpha value is -3.00. The van der Waals surface area contributed by atoms with E-state index in [1.54, 1.807) is 12.1 Å². The molecule has 9 heteroatoms. The van der Waals surface area contributed by atoms with Crippen molar-refractivity contribution >= 4 is 34.8 Å². The first kappa shape index (κ1) is 22.5. The van der Waals surface area contributed by atoms with E-state index in [1.807, 2.05) is 15.5 Å². The van der Waals surface area contributed by atoms with E-state index in [9.17, 15) is 4.79 Å². The van der Waals surface area contributed by atoms with Crippen LogP contribution in [0.3, 0.4) is 0 Å². The van der Waals surface area contributed by atoms with Crippen LogP contribution in [-0.2, 0) is 0 Å². The third kappa shape index (κ3) is 4.07. The second kappa shape index (κ2) is 9.22. The number of hydrogen-bond acceptors (Lipinski definition) is 6. The summed E-state index contributed by atoms with van der Waals surface area (Å²) in [5.41, 5.74) is 3.35. The zero-order chi connectivity index (χ0) is 23.9. The quantitative estimate of drug-likeness (QED) is 0.521. The first-order valence-electron chi connectivity index (χ1n) is 12.7. The normalized spacial score (nSPS) is 20.9. The van der Waals surface area contributed by atoms with E-state index >= 15 is 0 Å². The van der Waals surface area contributed by atoms with Crippen molar-refractivity contribution in [3.05, 3.63) is 46.1 Å². The van der Waals surface area contributed by atoms with Gasteiger partial charge < -0.3 is 19.9 Å². The van der Waals surface area contributed by atoms with E-state index in [4.69, 9.17) is 26.4 Å². The summed E-state index contributed by atoms with van der Waals surface area (Å²) in [4.78, 5) is 23.1. The highest BCUT2D eigenvalue weighted by molar-refractivity contribution is 6.31. The van der Waals surface area contributed by atoms with Gasteiger partial charge >= 0.3 is 0 Å². The van der Waals surface area contributed by atoms with Crippen LogP contribution in [0, 0.1) is 6.92 Å². The van der Waals surface area contributed by atoms with Gasteiger partial charge in [0.15, 0.2) is 5.65 Å². The van der Waals surface area contributed by atoms with Crippen LogP contribution in [0.15, 0.2) is 24.3 Å². The van der Waals surface area contributed by atoms with Gasteiger partial charge in [-0.3, -0.25) is 4.79 Å². The number of nitrogens with one attached hydrogen (secondary N) is 1. The minimum absolute atomic E-state index is 0.0529. The van der Waals surface area contributed by atoms with Gasteiger partial charge in [-0.25, -0.2) is 4.98 Å². The minimum atomic E-state index is -0.115. The summed E-state index contributed by atoms with van der Waals surface area (Å²) in [5.74, 6) is 2.56. The number of fused-ring (bicyclic) bond motifs is 4. The molecule has 2 saturated heterocycles. The third-order valence-corrected chi connectivity index (χ3v) is 7.62. The van der Waals surface area contributed by atoms with Crippen LogP contribution in [0.4, 0.5) is 11.6 Å². The fraction of sp³-hybridized carbons (Fsp3) is 0.500. The minimum Gasteiger partial charge on any atom is -0.493 e. The topological polar surface area (TPSA) is 75.0 Å². The molecular weight excluding hydrogens is 464 g/mol. The number of hydrogen-bond donors (Lipinski definition) is 1. The second-order valence-electron chi connectivity index (χ2n) is 9.72. The van der Waals surface area contributed by atoms with Gasteiger partial charge in [0.2, 0.25) is 0 Å². The predicted molar refractivity (Wildman–Crippen MR) is 137 cm³/mol. The van der Waals surface area contributed by atoms with Crippen LogP contribution in [-0.4, -0.2) is 58.2 Å². The predicted octanol–water partition coefficient (Wildman–Crippen LogP) is 4.85. The van der Waals surface area contributed by atoms with Gasteiger partial charge in [0.25, 0.3) is 5.91 Å². The largest absolute Gasteiger partial charge is 0.493 e. The number of carbonyl (C=O) groups excluding carboxylic acids is 1. The summed E-state index contributed by atoms with van der Waals surface area (Å²) in [5, 5.41) is 9.19. The molecule has 0 aliphatic carbocycles. The Morgan fingerprint density at radius 2 is 1.97 bits per heavy atom. The SMILES string of the molecule is Cc1c(N2CCC2)nc2cc3nn2c1NCCCCOc1ccc(Cl)cc1C(=O)N1CCCC[C@@H]31. The van der Waals surface area contributed by atoms with Crippen LogP contribution >= 0.6 is 11.6 Å². The van der Waals surface area contributed by atoms with Crippen LogP contribution in [0.5, 0.6) is 5.75 Å². The monoisotopic (exact) mass is 494 g/mol. The molecule has 3 aliphatic rings. The Morgan fingerprint density at radius 1 is 1.09 bits per heavy atom. The number of halogens is 1. The molecule has 2 aromatic heterocycles. The van der Waals surface area contributed by atoms with Crippen molar-refractivity contribution in [2.24, 2.45) is 0 Å². The summed E-state index contributed by atoms with van der Waals surface area (Å²) in [6.07, 6.45) is 5.89. The number of benzene rings is 1. The lowest BCUT2D eigenvalue weighted by molar-refractivity contribution is 0.0601. The van der Waals surface area contributed by atoms with E-state index in [0.29, 0.717) is 29.5 Å². The van der Waals surface area contributed by atoms with Crippen molar-refractivity contribution in [2.45, 2.75) is 51.5 Å². The van der Waals surface area contributed by atoms with E-state index < -0.39 is 0 Å². The van der Waals surface area contributed by atoms with Gasteiger partial charge in [0.1, 0.15) is 17.4 Å². The molecule has 35 heavy (non-hydrogen) atoms. The Labute approximate surface area is 210 Å². The van der Waals surface area contributed by atoms with Gasteiger partial charge in [-0.2, -0.15) is 9.61 Å². The average molecular weight is 495 g/mol. The lowest BCUT2D eigenvalue weighted by atomic mass is 9.98. The van der Waals surface area contributed by atoms with Crippen molar-refractivity contribution < 1.29 is 9.53 Å². The maximum Gasteiger partial charge on any atom is 0.258 e. The van der Waals surface area contributed by atoms with E-state index in [-0.39, 0.29) is 11.9 Å². The van der Waals surface area contributed by atoms with E-state index in [2.05, 4.69) is 23.2 Å². The first-order chi connectivity index (χ1) is 17.1. The standard InChI is InChI=1S/C26H31ClN6O2/c1-17-24-28-10-3-5-14-35-22-9-8-18(27)15-19(22)26(34)32-13-4-2-7-21(32)20-16-23(33(24)30-20)29-25(17)31-11-6-12-31/h8-9,15-16,21,28H,2-7,10-14H2,1H3/t21-/m0/s1. The molecule has 1 aromatic carbocycles. The van der Waals surface area contributed by atoms with Crippen LogP contribution in [0.25, 0.3) is 5.65 Å². The van der Waals surface area contributed by atoms with Gasteiger partial charge in [-0.15, -0.1) is 0 Å². The molecule has 2 fully saturated rings. The van der Waals surface area contributed by atoms with Gasteiger partial charge in [0, 0.05) is 42.8 Å². The third-order valence-electron chi connectivity index (χ3n) is 7.39. The molecule has 184 valence electrons. The molecule has 1 N–H and O–H groups in total. The molecule has 0 unspecified atom stereocenters. The van der Waals surface area contributed by atoms with Crippen LogP contribution in [0.1, 0.15) is 66.2 Å². The molecular formula is C26H31ClN6O2. The van der Waals surface area contributed by atoms with Gasteiger partial charge in [0.05, 0.1) is 23.9 Å². The van der Waals surface area contributed by atoms with Crippen molar-refractivity contribution in [1.29, 1.82) is 0 Å². The lowest BCUT2D eigenvalue weighted by Crippen LogP contribution is -2.39. The number of nitrogens with zero attached hydrogens (tertiary/aromatic N) is 5. The number of aromatic nitrogens is 3. The molecule has 2 bridgehead atoms. The summed E-state index contributed by atoms with van der Waals surface area (Å²) in [7, 11) is 0. The fourth-order valence-corrected chi connectivity index (χ4v) is 5.52. The van der Waals surface area contributed by atoms with E-state index in [0.717, 1.165) is 80.3 Å². The van der Waals surface area contributed by atoms with Gasteiger partial charge in [-0.1, -0.05) is 11.6 Å². The van der Waals surface area contributed by atoms with Crippen molar-refractivity contribution in [3.63, 3.8) is 0 Å². The smallest absolute Gasteiger partial charge is 0.258 e. The Balaban J connectivity index is 1.47. The average Bonchev–Trinajstić information content (AvgIpc) is 3.25. The Bertz CT molecular complexity index is 1270. The maximum absolute atomic E-state index is 13.8. The molecule has 1 amide bonds. The molecule has 6 rings (SSSR count). The molecule has 0 spiro atoms. The molecule has 5 heterocycles. The molecule has 8 nitrogen and oxygen atoms in total. The van der Waals surface area contributed by atoms with Crippen LogP contribution < -0.4 is 15.0 Å². The molecule has 0 saturated carbocycles. The summed E-state index contributed by atoms with van der Waals surface area (Å²) in [6.45, 7) is 6.23. The summed E-state index contributed by atoms with van der Waals surface area (Å²) in [6, 6.07) is 7.27. The van der Waals surface area contributed by atoms with Crippen molar-refractivity contribution in [2.75, 3.05) is 43.0 Å². The first-order valence-corrected chi connectivity index (χ1v) is 13.1. The number of carbonyl (C=O) groups is 1. The van der Waals surface area contributed by atoms with Crippen molar-refractivity contribution in [1.82, 2.24) is 19.5 Å². The number of amides is 1. The summed E-state index contributed by atoms with van der Waals surface area (Å²) < 4.78 is 8.02. The highest BCUT2D eigenvalue weighted by Crippen LogP contribution is 2.36. The molecule has 0 radical (unpaired) electrons. The second-order valence-corrected chi connectivity index (χ2v) is 10.2. The van der Waals surface area contributed by atoms with Crippen molar-refractivity contribution in [3.8, 4) is 5.75 Å². The number of rotatable bonds is 1. The number of piperidine rings is 1. The van der Waals surface area contributed by atoms with Crippen LogP contribution in [0.2, 0.25) is 5.02 Å².